The van der Waals surface area contributed by atoms with E-state index in [0.717, 1.165) is 62.4 Å². The van der Waals surface area contributed by atoms with Crippen molar-refractivity contribution >= 4 is 29.1 Å². The fraction of sp³-hybridized carbons (Fsp3) is 0.378. The Morgan fingerprint density at radius 2 is 2.00 bits per heavy atom. The number of carbonyl (C=O) groups excluding carboxylic acids is 2. The number of anilines is 1. The Labute approximate surface area is 290 Å². The molecule has 1 aromatic carbocycles. The molecule has 3 aliphatic rings. The van der Waals surface area contributed by atoms with Gasteiger partial charge in [0.25, 0.3) is 5.91 Å². The van der Waals surface area contributed by atoms with Crippen LogP contribution in [0.25, 0.3) is 22.5 Å². The summed E-state index contributed by atoms with van der Waals surface area (Å²) in [5.74, 6) is 0.947. The van der Waals surface area contributed by atoms with Crippen LogP contribution in [0.4, 0.5) is 5.69 Å². The highest BCUT2D eigenvalue weighted by Gasteiger charge is 2.26. The zero-order chi connectivity index (χ0) is 33.9. The number of methoxy groups -OCH3 is 1. The van der Waals surface area contributed by atoms with E-state index in [1.807, 2.05) is 55.6 Å². The number of ether oxygens (including phenoxy) is 2. The van der Waals surface area contributed by atoms with Crippen molar-refractivity contribution in [2.24, 2.45) is 5.92 Å². The van der Waals surface area contributed by atoms with Crippen molar-refractivity contribution in [3.05, 3.63) is 87.8 Å². The highest BCUT2D eigenvalue weighted by atomic mass is 35.5. The van der Waals surface area contributed by atoms with Crippen LogP contribution in [-0.2, 0) is 29.0 Å². The number of amides is 2. The van der Waals surface area contributed by atoms with E-state index in [9.17, 15) is 9.59 Å². The van der Waals surface area contributed by atoms with Gasteiger partial charge in [-0.15, -0.1) is 0 Å². The molecule has 0 saturated carbocycles. The maximum atomic E-state index is 13.4. The highest BCUT2D eigenvalue weighted by molar-refractivity contribution is 6.35. The fourth-order valence-electron chi connectivity index (χ4n) is 6.72. The molecule has 3 aliphatic heterocycles. The smallest absolute Gasteiger partial charge is 0.274 e. The van der Waals surface area contributed by atoms with Crippen molar-refractivity contribution in [2.45, 2.75) is 45.3 Å². The number of carbonyl (C=O) groups is 2. The topological polar surface area (TPSA) is 131 Å². The lowest BCUT2D eigenvalue weighted by Crippen LogP contribution is -2.41. The van der Waals surface area contributed by atoms with Crippen LogP contribution in [0.3, 0.4) is 0 Å². The molecule has 3 N–H and O–H groups in total. The molecule has 2 amide bonds. The number of halogens is 1. The summed E-state index contributed by atoms with van der Waals surface area (Å²) < 4.78 is 11.0. The van der Waals surface area contributed by atoms with Gasteiger partial charge in [-0.05, 0) is 60.7 Å². The number of aromatic nitrogens is 3. The molecule has 2 fully saturated rings. The van der Waals surface area contributed by atoms with Gasteiger partial charge in [-0.2, -0.15) is 0 Å². The van der Waals surface area contributed by atoms with Crippen LogP contribution in [0, 0.1) is 12.8 Å². The zero-order valence-electron chi connectivity index (χ0n) is 27.7. The second kappa shape index (κ2) is 14.6. The van der Waals surface area contributed by atoms with E-state index in [0.29, 0.717) is 64.7 Å². The summed E-state index contributed by atoms with van der Waals surface area (Å²) in [7, 11) is 1.59. The lowest BCUT2D eigenvalue weighted by atomic mass is 9.98. The van der Waals surface area contributed by atoms with E-state index in [1.54, 1.807) is 13.3 Å². The van der Waals surface area contributed by atoms with E-state index in [1.165, 1.54) is 11.1 Å². The Morgan fingerprint density at radius 1 is 1.12 bits per heavy atom. The van der Waals surface area contributed by atoms with Gasteiger partial charge in [-0.1, -0.05) is 29.8 Å². The van der Waals surface area contributed by atoms with Crippen molar-refractivity contribution < 1.29 is 19.1 Å². The number of benzene rings is 1. The van der Waals surface area contributed by atoms with Crippen LogP contribution in [0.15, 0.2) is 54.9 Å². The van der Waals surface area contributed by atoms with Gasteiger partial charge in [0.15, 0.2) is 0 Å². The van der Waals surface area contributed by atoms with Gasteiger partial charge in [0.1, 0.15) is 5.69 Å². The maximum absolute atomic E-state index is 13.4. The summed E-state index contributed by atoms with van der Waals surface area (Å²) in [4.78, 5) is 41.3. The van der Waals surface area contributed by atoms with Crippen LogP contribution in [0.2, 0.25) is 5.02 Å². The summed E-state index contributed by atoms with van der Waals surface area (Å²) in [5.41, 5.74) is 7.89. The molecule has 12 heteroatoms. The van der Waals surface area contributed by atoms with Gasteiger partial charge >= 0.3 is 0 Å². The van der Waals surface area contributed by atoms with E-state index < -0.39 is 0 Å². The average Bonchev–Trinajstić information content (AvgIpc) is 3.52. The van der Waals surface area contributed by atoms with Gasteiger partial charge in [0, 0.05) is 85.9 Å². The lowest BCUT2D eigenvalue weighted by Gasteiger charge is -2.35. The molecule has 2 saturated heterocycles. The van der Waals surface area contributed by atoms with Gasteiger partial charge in [-0.25, -0.2) is 4.98 Å². The van der Waals surface area contributed by atoms with Crippen molar-refractivity contribution in [1.82, 2.24) is 30.5 Å². The minimum Gasteiger partial charge on any atom is -0.481 e. The number of hydrogen-bond acceptors (Lipinski definition) is 9. The molecule has 11 nitrogen and oxygen atoms in total. The van der Waals surface area contributed by atoms with Crippen LogP contribution in [0.5, 0.6) is 5.88 Å². The Hall–Kier alpha value is -4.42. The first-order valence-electron chi connectivity index (χ1n) is 16.7. The Bertz CT molecular complexity index is 1880. The molecule has 49 heavy (non-hydrogen) atoms. The number of nitrogens with one attached hydrogen (secondary N) is 3. The van der Waals surface area contributed by atoms with E-state index in [4.69, 9.17) is 26.1 Å². The summed E-state index contributed by atoms with van der Waals surface area (Å²) in [6.07, 6.45) is 5.85. The molecule has 4 aromatic rings. The van der Waals surface area contributed by atoms with Crippen molar-refractivity contribution in [3.63, 3.8) is 0 Å². The molecule has 254 valence electrons. The highest BCUT2D eigenvalue weighted by Crippen LogP contribution is 2.38. The number of rotatable bonds is 11. The molecule has 3 aromatic heterocycles. The third kappa shape index (κ3) is 7.30. The van der Waals surface area contributed by atoms with Crippen molar-refractivity contribution in [2.75, 3.05) is 45.3 Å². The lowest BCUT2D eigenvalue weighted by molar-refractivity contribution is -0.119. The van der Waals surface area contributed by atoms with Crippen molar-refractivity contribution in [3.8, 4) is 28.4 Å². The fourth-order valence-corrected chi connectivity index (χ4v) is 7.03. The normalized spacial score (nSPS) is 17.7. The van der Waals surface area contributed by atoms with Crippen molar-refractivity contribution in [1.29, 1.82) is 0 Å². The van der Waals surface area contributed by atoms with Gasteiger partial charge in [0.2, 0.25) is 11.8 Å². The summed E-state index contributed by atoms with van der Waals surface area (Å²) >= 11 is 7.03. The number of pyridine rings is 3. The first-order valence-corrected chi connectivity index (χ1v) is 17.1. The first-order chi connectivity index (χ1) is 23.9. The predicted molar refractivity (Wildman–Crippen MR) is 188 cm³/mol. The molecule has 0 aliphatic carbocycles. The van der Waals surface area contributed by atoms with Crippen LogP contribution in [-0.4, -0.2) is 77.7 Å². The van der Waals surface area contributed by atoms with Crippen LogP contribution < -0.4 is 20.7 Å². The second-order valence-corrected chi connectivity index (χ2v) is 13.4. The molecular formula is C37H40ClN7O4. The van der Waals surface area contributed by atoms with E-state index >= 15 is 0 Å². The first kappa shape index (κ1) is 33.1. The number of hydrogen-bond donors (Lipinski definition) is 3. The molecule has 1 atom stereocenters. The zero-order valence-corrected chi connectivity index (χ0v) is 28.5. The molecule has 6 heterocycles. The van der Waals surface area contributed by atoms with E-state index in [-0.39, 0.29) is 17.9 Å². The molecular weight excluding hydrogens is 642 g/mol. The summed E-state index contributed by atoms with van der Waals surface area (Å²) in [6, 6.07) is 13.5. The SMILES string of the molecule is COc1nc(-c2ccnc(-c3cccc(NC(=O)c4cc5c(cn4)CN(CC4COC4)CC5)c3C)c2Cl)ccc1CNC[C@H]1CCC(=O)N1. The monoisotopic (exact) mass is 681 g/mol. The van der Waals surface area contributed by atoms with Gasteiger partial charge in [-0.3, -0.25) is 24.5 Å². The predicted octanol–water partition coefficient (Wildman–Crippen LogP) is 4.80. The van der Waals surface area contributed by atoms with Crippen LogP contribution >= 0.6 is 11.6 Å². The third-order valence-electron chi connectivity index (χ3n) is 9.56. The molecule has 7 rings (SSSR count). The van der Waals surface area contributed by atoms with E-state index in [2.05, 4.69) is 30.8 Å². The number of fused-ring (bicyclic) bond motifs is 1. The minimum absolute atomic E-state index is 0.0981. The minimum atomic E-state index is -0.260. The molecule has 0 unspecified atom stereocenters. The van der Waals surface area contributed by atoms with Crippen LogP contribution in [0.1, 0.15) is 45.6 Å². The quantitative estimate of drug-likeness (QED) is 0.204. The number of nitrogens with zero attached hydrogens (tertiary/aromatic N) is 4. The standard InChI is InChI=1S/C37H40ClN7O4/c1-22-28(4-3-5-30(22)43-36(47)32-14-24-11-13-45(18-23-20-49-21-23)19-26(24)16-41-32)35-34(38)29(10-12-40-35)31-8-6-25(37(44-31)48-2)15-39-17-27-7-9-33(46)42-27/h3-6,8,10,12,14,16,23,27,39H,7,9,11,13,15,17-21H2,1-2H3,(H,42,46)(H,43,47)/t27-/m1/s1. The second-order valence-electron chi connectivity index (χ2n) is 13.0. The average molecular weight is 682 g/mol. The van der Waals surface area contributed by atoms with Gasteiger partial charge in [0.05, 0.1) is 36.7 Å². The summed E-state index contributed by atoms with van der Waals surface area (Å²) in [6.45, 7) is 7.71. The molecule has 0 spiro atoms. The molecule has 0 radical (unpaired) electrons. The van der Waals surface area contributed by atoms with Gasteiger partial charge < -0.3 is 25.4 Å². The Morgan fingerprint density at radius 3 is 2.78 bits per heavy atom. The Kier molecular flexibility index (Phi) is 9.86. The summed E-state index contributed by atoms with van der Waals surface area (Å²) in [5, 5.41) is 9.87. The maximum Gasteiger partial charge on any atom is 0.274 e. The largest absolute Gasteiger partial charge is 0.481 e. The molecule has 0 bridgehead atoms. The Balaban J connectivity index is 1.05. The third-order valence-corrected chi connectivity index (χ3v) is 9.94.